The molecule has 0 aromatic heterocycles. The maximum atomic E-state index is 11.1. The fraction of sp³-hybridized carbons (Fsp3) is 0.600. The fourth-order valence-electron chi connectivity index (χ4n) is 2.08. The van der Waals surface area contributed by atoms with Crippen LogP contribution < -0.4 is 5.32 Å². The minimum Gasteiger partial charge on any atom is -0.313 e. The van der Waals surface area contributed by atoms with E-state index in [0.29, 0.717) is 6.42 Å². The first-order valence-electron chi connectivity index (χ1n) is 6.82. The minimum atomic E-state index is -0.297. The van der Waals surface area contributed by atoms with E-state index in [0.717, 1.165) is 18.5 Å². The first-order valence-corrected chi connectivity index (χ1v) is 6.82. The Morgan fingerprint density at radius 1 is 1.32 bits per heavy atom. The van der Waals surface area contributed by atoms with E-state index >= 15 is 0 Å². The summed E-state index contributed by atoms with van der Waals surface area (Å²) in [5.41, 5.74) is 1.09. The fourth-order valence-corrected chi connectivity index (χ4v) is 2.08. The number of para-hydroxylation sites is 1. The van der Waals surface area contributed by atoms with Crippen molar-refractivity contribution in [3.05, 3.63) is 39.9 Å². The number of nitrogens with zero attached hydrogens (tertiary/aromatic N) is 1. The van der Waals surface area contributed by atoms with E-state index in [1.165, 1.54) is 0 Å². The molecule has 0 aliphatic heterocycles. The Kier molecular flexibility index (Phi) is 5.48. The summed E-state index contributed by atoms with van der Waals surface area (Å²) in [6.45, 7) is 9.54. The first-order chi connectivity index (χ1) is 8.86. The summed E-state index contributed by atoms with van der Waals surface area (Å²) < 4.78 is 0. The summed E-state index contributed by atoms with van der Waals surface area (Å²) in [4.78, 5) is 10.8. The van der Waals surface area contributed by atoms with Gasteiger partial charge in [0, 0.05) is 17.7 Å². The molecule has 0 radical (unpaired) electrons. The Labute approximate surface area is 115 Å². The van der Waals surface area contributed by atoms with Crippen LogP contribution in [0, 0.1) is 15.5 Å². The highest BCUT2D eigenvalue weighted by molar-refractivity contribution is 5.40. The van der Waals surface area contributed by atoms with E-state index < -0.39 is 0 Å². The van der Waals surface area contributed by atoms with Crippen LogP contribution in [-0.2, 0) is 6.42 Å². The van der Waals surface area contributed by atoms with E-state index in [1.54, 1.807) is 12.1 Å². The second-order valence-corrected chi connectivity index (χ2v) is 5.96. The van der Waals surface area contributed by atoms with Gasteiger partial charge < -0.3 is 5.32 Å². The normalized spacial score (nSPS) is 13.3. The zero-order valence-electron chi connectivity index (χ0n) is 12.3. The molecule has 1 unspecified atom stereocenters. The van der Waals surface area contributed by atoms with Crippen molar-refractivity contribution >= 4 is 5.69 Å². The molecule has 1 N–H and O–H groups in total. The van der Waals surface area contributed by atoms with Crippen LogP contribution in [0.3, 0.4) is 0 Å². The maximum Gasteiger partial charge on any atom is 0.272 e. The number of nitrogens with one attached hydrogen (secondary N) is 1. The predicted molar refractivity (Wildman–Crippen MR) is 78.3 cm³/mol. The molecule has 1 aromatic rings. The summed E-state index contributed by atoms with van der Waals surface area (Å²) in [5, 5.41) is 14.6. The molecule has 0 heterocycles. The number of hydrogen-bond acceptors (Lipinski definition) is 3. The average molecular weight is 264 g/mol. The molecule has 0 saturated heterocycles. The van der Waals surface area contributed by atoms with Crippen LogP contribution in [0.25, 0.3) is 0 Å². The van der Waals surface area contributed by atoms with Gasteiger partial charge in [0.1, 0.15) is 0 Å². The van der Waals surface area contributed by atoms with Crippen LogP contribution in [-0.4, -0.2) is 17.5 Å². The van der Waals surface area contributed by atoms with Gasteiger partial charge in [0.2, 0.25) is 0 Å². The second-order valence-electron chi connectivity index (χ2n) is 5.96. The van der Waals surface area contributed by atoms with Gasteiger partial charge in [0.15, 0.2) is 0 Å². The van der Waals surface area contributed by atoms with Crippen molar-refractivity contribution in [2.45, 2.75) is 46.6 Å². The summed E-state index contributed by atoms with van der Waals surface area (Å²) in [5.74, 6) is 0. The lowest BCUT2D eigenvalue weighted by atomic mass is 9.82. The van der Waals surface area contributed by atoms with Crippen molar-refractivity contribution in [3.8, 4) is 0 Å². The van der Waals surface area contributed by atoms with Gasteiger partial charge in [-0.05, 0) is 24.8 Å². The molecule has 0 amide bonds. The van der Waals surface area contributed by atoms with Gasteiger partial charge in [-0.25, -0.2) is 0 Å². The van der Waals surface area contributed by atoms with Gasteiger partial charge >= 0.3 is 0 Å². The molecule has 1 rings (SSSR count). The molecule has 1 atom stereocenters. The van der Waals surface area contributed by atoms with E-state index in [2.05, 4.69) is 33.0 Å². The van der Waals surface area contributed by atoms with Crippen LogP contribution in [0.4, 0.5) is 5.69 Å². The van der Waals surface area contributed by atoms with Crippen molar-refractivity contribution < 1.29 is 4.92 Å². The van der Waals surface area contributed by atoms with Crippen molar-refractivity contribution in [1.82, 2.24) is 5.32 Å². The van der Waals surface area contributed by atoms with Crippen molar-refractivity contribution in [1.29, 1.82) is 0 Å². The summed E-state index contributed by atoms with van der Waals surface area (Å²) in [6.07, 6.45) is 1.74. The number of hydrogen-bond donors (Lipinski definition) is 1. The molecule has 0 fully saturated rings. The van der Waals surface area contributed by atoms with Gasteiger partial charge in [0.25, 0.3) is 5.69 Å². The predicted octanol–water partition coefficient (Wildman–Crippen LogP) is 3.55. The number of nitro benzene ring substituents is 1. The van der Waals surface area contributed by atoms with Gasteiger partial charge in [0.05, 0.1) is 4.92 Å². The number of rotatable bonds is 6. The molecule has 0 aliphatic carbocycles. The van der Waals surface area contributed by atoms with E-state index in [1.807, 2.05) is 12.1 Å². The summed E-state index contributed by atoms with van der Waals surface area (Å²) >= 11 is 0. The van der Waals surface area contributed by atoms with Gasteiger partial charge in [-0.1, -0.05) is 45.9 Å². The Bertz CT molecular complexity index is 424. The summed E-state index contributed by atoms with van der Waals surface area (Å²) in [7, 11) is 0. The number of benzene rings is 1. The largest absolute Gasteiger partial charge is 0.313 e. The Hall–Kier alpha value is -1.42. The number of nitro groups is 1. The molecule has 0 aliphatic rings. The summed E-state index contributed by atoms with van der Waals surface area (Å²) in [6, 6.07) is 7.24. The minimum absolute atomic E-state index is 0.0683. The third-order valence-corrected chi connectivity index (χ3v) is 3.30. The lowest BCUT2D eigenvalue weighted by molar-refractivity contribution is -0.385. The topological polar surface area (TPSA) is 55.2 Å². The molecular formula is C15H24N2O2. The smallest absolute Gasteiger partial charge is 0.272 e. The van der Waals surface area contributed by atoms with E-state index in [-0.39, 0.29) is 22.1 Å². The third-order valence-electron chi connectivity index (χ3n) is 3.30. The van der Waals surface area contributed by atoms with Crippen molar-refractivity contribution in [2.24, 2.45) is 5.41 Å². The zero-order valence-corrected chi connectivity index (χ0v) is 12.3. The van der Waals surface area contributed by atoms with E-state index in [4.69, 9.17) is 0 Å². The van der Waals surface area contributed by atoms with E-state index in [9.17, 15) is 10.1 Å². The SMILES string of the molecule is CCCNC(Cc1ccccc1[N+](=O)[O-])C(C)(C)C. The highest BCUT2D eigenvalue weighted by atomic mass is 16.6. The monoisotopic (exact) mass is 264 g/mol. The van der Waals surface area contributed by atoms with Crippen LogP contribution in [0.2, 0.25) is 0 Å². The van der Waals surface area contributed by atoms with Crippen LogP contribution in [0.1, 0.15) is 39.7 Å². The average Bonchev–Trinajstić information content (AvgIpc) is 2.33. The molecule has 4 nitrogen and oxygen atoms in total. The molecule has 1 aromatic carbocycles. The quantitative estimate of drug-likeness (QED) is 0.631. The molecule has 19 heavy (non-hydrogen) atoms. The standard InChI is InChI=1S/C15H24N2O2/c1-5-10-16-14(15(2,3)4)11-12-8-6-7-9-13(12)17(18)19/h6-9,14,16H,5,10-11H2,1-4H3. The first kappa shape index (κ1) is 15.6. The van der Waals surface area contributed by atoms with Crippen LogP contribution in [0.5, 0.6) is 0 Å². The van der Waals surface area contributed by atoms with Crippen molar-refractivity contribution in [2.75, 3.05) is 6.54 Å². The van der Waals surface area contributed by atoms with Crippen LogP contribution in [0.15, 0.2) is 24.3 Å². The maximum absolute atomic E-state index is 11.1. The molecular weight excluding hydrogens is 240 g/mol. The Morgan fingerprint density at radius 2 is 1.95 bits per heavy atom. The molecule has 0 saturated carbocycles. The van der Waals surface area contributed by atoms with Crippen molar-refractivity contribution in [3.63, 3.8) is 0 Å². The highest BCUT2D eigenvalue weighted by Crippen LogP contribution is 2.26. The molecule has 0 spiro atoms. The second kappa shape index (κ2) is 6.66. The molecule has 0 bridgehead atoms. The van der Waals surface area contributed by atoms with Gasteiger partial charge in [-0.2, -0.15) is 0 Å². The highest BCUT2D eigenvalue weighted by Gasteiger charge is 2.26. The Balaban J connectivity index is 2.93. The molecule has 106 valence electrons. The zero-order chi connectivity index (χ0) is 14.5. The lowest BCUT2D eigenvalue weighted by Gasteiger charge is -2.31. The Morgan fingerprint density at radius 3 is 2.47 bits per heavy atom. The van der Waals surface area contributed by atoms with Crippen LogP contribution >= 0.6 is 0 Å². The lowest BCUT2D eigenvalue weighted by Crippen LogP contribution is -2.42. The molecule has 4 heteroatoms. The van der Waals surface area contributed by atoms with Gasteiger partial charge in [-0.15, -0.1) is 0 Å². The van der Waals surface area contributed by atoms with Gasteiger partial charge in [-0.3, -0.25) is 10.1 Å². The third kappa shape index (κ3) is 4.63.